The molecule has 1 N–H and O–H groups in total. The number of aryl methyl sites for hydroxylation is 1. The second-order valence-corrected chi connectivity index (χ2v) is 5.23. The van der Waals surface area contributed by atoms with Crippen molar-refractivity contribution in [2.45, 2.75) is 26.0 Å². The molecule has 0 aliphatic carbocycles. The van der Waals surface area contributed by atoms with Gasteiger partial charge in [0.25, 0.3) is 0 Å². The fourth-order valence-electron chi connectivity index (χ4n) is 2.56. The Morgan fingerprint density at radius 1 is 1.15 bits per heavy atom. The zero-order valence-electron chi connectivity index (χ0n) is 11.5. The SMILES string of the molecule is Cc1cccc(CC(O)Cn2cnc3ccccc32)c1. The van der Waals surface area contributed by atoms with Crippen molar-refractivity contribution in [1.82, 2.24) is 9.55 Å². The number of imidazole rings is 1. The fourth-order valence-corrected chi connectivity index (χ4v) is 2.56. The largest absolute Gasteiger partial charge is 0.391 e. The maximum atomic E-state index is 10.3. The van der Waals surface area contributed by atoms with E-state index >= 15 is 0 Å². The Morgan fingerprint density at radius 3 is 2.85 bits per heavy atom. The molecular formula is C17H18N2O. The highest BCUT2D eigenvalue weighted by molar-refractivity contribution is 5.74. The normalized spacial score (nSPS) is 12.7. The van der Waals surface area contributed by atoms with Crippen LogP contribution < -0.4 is 0 Å². The highest BCUT2D eigenvalue weighted by Gasteiger charge is 2.09. The van der Waals surface area contributed by atoms with Crippen LogP contribution >= 0.6 is 0 Å². The first kappa shape index (κ1) is 12.9. The molecule has 0 saturated heterocycles. The summed E-state index contributed by atoms with van der Waals surface area (Å²) >= 11 is 0. The van der Waals surface area contributed by atoms with E-state index in [4.69, 9.17) is 0 Å². The first-order chi connectivity index (χ1) is 9.72. The van der Waals surface area contributed by atoms with Gasteiger partial charge in [0, 0.05) is 6.42 Å². The van der Waals surface area contributed by atoms with E-state index in [9.17, 15) is 5.11 Å². The van der Waals surface area contributed by atoms with Gasteiger partial charge in [-0.1, -0.05) is 42.0 Å². The first-order valence-electron chi connectivity index (χ1n) is 6.86. The Balaban J connectivity index is 1.74. The topological polar surface area (TPSA) is 38.0 Å². The van der Waals surface area contributed by atoms with E-state index in [1.807, 2.05) is 34.9 Å². The van der Waals surface area contributed by atoms with E-state index in [0.717, 1.165) is 11.0 Å². The molecule has 0 aliphatic heterocycles. The maximum absolute atomic E-state index is 10.3. The van der Waals surface area contributed by atoms with Crippen molar-refractivity contribution in [3.05, 3.63) is 66.0 Å². The number of aliphatic hydroxyl groups excluding tert-OH is 1. The van der Waals surface area contributed by atoms with Crippen molar-refractivity contribution in [3.8, 4) is 0 Å². The van der Waals surface area contributed by atoms with Crippen LogP contribution in [0.4, 0.5) is 0 Å². The van der Waals surface area contributed by atoms with Crippen LogP contribution in [0.15, 0.2) is 54.9 Å². The van der Waals surface area contributed by atoms with Gasteiger partial charge in [0.15, 0.2) is 0 Å². The van der Waals surface area contributed by atoms with Gasteiger partial charge in [-0.2, -0.15) is 0 Å². The number of fused-ring (bicyclic) bond motifs is 1. The van der Waals surface area contributed by atoms with Gasteiger partial charge in [0.05, 0.1) is 30.0 Å². The molecule has 3 rings (SSSR count). The first-order valence-corrected chi connectivity index (χ1v) is 6.86. The minimum atomic E-state index is -0.408. The molecule has 20 heavy (non-hydrogen) atoms. The minimum absolute atomic E-state index is 0.408. The summed E-state index contributed by atoms with van der Waals surface area (Å²) < 4.78 is 2.01. The van der Waals surface area contributed by atoms with E-state index < -0.39 is 6.10 Å². The molecule has 0 amide bonds. The molecule has 1 unspecified atom stereocenters. The summed E-state index contributed by atoms with van der Waals surface area (Å²) in [6.45, 7) is 2.63. The van der Waals surface area contributed by atoms with Gasteiger partial charge in [-0.3, -0.25) is 0 Å². The second-order valence-electron chi connectivity index (χ2n) is 5.23. The van der Waals surface area contributed by atoms with Crippen LogP contribution in [-0.4, -0.2) is 20.8 Å². The molecule has 0 saturated carbocycles. The van der Waals surface area contributed by atoms with Crippen molar-refractivity contribution >= 4 is 11.0 Å². The molecule has 0 fully saturated rings. The van der Waals surface area contributed by atoms with Gasteiger partial charge in [-0.15, -0.1) is 0 Å². The number of aliphatic hydroxyl groups is 1. The highest BCUT2D eigenvalue weighted by atomic mass is 16.3. The molecule has 1 heterocycles. The number of para-hydroxylation sites is 2. The molecule has 0 aliphatic rings. The Hall–Kier alpha value is -2.13. The Kier molecular flexibility index (Phi) is 3.52. The zero-order valence-corrected chi connectivity index (χ0v) is 11.5. The highest BCUT2D eigenvalue weighted by Crippen LogP contribution is 2.14. The predicted octanol–water partition coefficient (Wildman–Crippen LogP) is 2.95. The third-order valence-electron chi connectivity index (χ3n) is 3.49. The number of hydrogen-bond acceptors (Lipinski definition) is 2. The van der Waals surface area contributed by atoms with Gasteiger partial charge >= 0.3 is 0 Å². The summed E-state index contributed by atoms with van der Waals surface area (Å²) in [5, 5.41) is 10.3. The monoisotopic (exact) mass is 266 g/mol. The van der Waals surface area contributed by atoms with E-state index in [0.29, 0.717) is 13.0 Å². The lowest BCUT2D eigenvalue weighted by molar-refractivity contribution is 0.155. The Morgan fingerprint density at radius 2 is 2.00 bits per heavy atom. The quantitative estimate of drug-likeness (QED) is 0.788. The average Bonchev–Trinajstić information content (AvgIpc) is 2.82. The fraction of sp³-hybridized carbons (Fsp3) is 0.235. The molecule has 3 heteroatoms. The van der Waals surface area contributed by atoms with Gasteiger partial charge in [0.2, 0.25) is 0 Å². The van der Waals surface area contributed by atoms with Crippen LogP contribution in [0, 0.1) is 6.92 Å². The summed E-state index contributed by atoms with van der Waals surface area (Å²) in [6.07, 6.45) is 2.05. The van der Waals surface area contributed by atoms with Gasteiger partial charge < -0.3 is 9.67 Å². The summed E-state index contributed by atoms with van der Waals surface area (Å²) in [7, 11) is 0. The molecular weight excluding hydrogens is 248 g/mol. The maximum Gasteiger partial charge on any atom is 0.0959 e. The van der Waals surface area contributed by atoms with Crippen molar-refractivity contribution < 1.29 is 5.11 Å². The van der Waals surface area contributed by atoms with E-state index in [1.54, 1.807) is 6.33 Å². The lowest BCUT2D eigenvalue weighted by Gasteiger charge is -2.12. The third-order valence-corrected chi connectivity index (χ3v) is 3.49. The standard InChI is InChI=1S/C17H18N2O/c1-13-5-4-6-14(9-13)10-15(20)11-19-12-18-16-7-2-3-8-17(16)19/h2-9,12,15,20H,10-11H2,1H3. The summed E-state index contributed by atoms with van der Waals surface area (Å²) in [4.78, 5) is 4.34. The Labute approximate surface area is 118 Å². The van der Waals surface area contributed by atoms with Crippen LogP contribution in [0.3, 0.4) is 0 Å². The molecule has 0 spiro atoms. The van der Waals surface area contributed by atoms with Crippen molar-refractivity contribution in [3.63, 3.8) is 0 Å². The van der Waals surface area contributed by atoms with Gasteiger partial charge in [-0.05, 0) is 24.6 Å². The summed E-state index contributed by atoms with van der Waals surface area (Å²) in [6, 6.07) is 16.3. The number of aromatic nitrogens is 2. The van der Waals surface area contributed by atoms with Crippen molar-refractivity contribution in [2.75, 3.05) is 0 Å². The molecule has 2 aromatic carbocycles. The lowest BCUT2D eigenvalue weighted by atomic mass is 10.1. The van der Waals surface area contributed by atoms with Crippen LogP contribution in [0.25, 0.3) is 11.0 Å². The molecule has 102 valence electrons. The zero-order chi connectivity index (χ0) is 13.9. The number of rotatable bonds is 4. The average molecular weight is 266 g/mol. The molecule has 1 atom stereocenters. The van der Waals surface area contributed by atoms with Gasteiger partial charge in [0.1, 0.15) is 0 Å². The smallest absolute Gasteiger partial charge is 0.0959 e. The van der Waals surface area contributed by atoms with E-state index in [-0.39, 0.29) is 0 Å². The molecule has 3 nitrogen and oxygen atoms in total. The van der Waals surface area contributed by atoms with Crippen LogP contribution in [0.2, 0.25) is 0 Å². The second kappa shape index (κ2) is 5.47. The van der Waals surface area contributed by atoms with E-state index in [2.05, 4.69) is 30.1 Å². The van der Waals surface area contributed by atoms with Crippen LogP contribution in [0.5, 0.6) is 0 Å². The van der Waals surface area contributed by atoms with E-state index in [1.165, 1.54) is 11.1 Å². The molecule has 3 aromatic rings. The number of nitrogens with zero attached hydrogens (tertiary/aromatic N) is 2. The molecule has 0 radical (unpaired) electrons. The van der Waals surface area contributed by atoms with Crippen molar-refractivity contribution in [2.24, 2.45) is 0 Å². The number of hydrogen-bond donors (Lipinski definition) is 1. The predicted molar refractivity (Wildman–Crippen MR) is 80.6 cm³/mol. The minimum Gasteiger partial charge on any atom is -0.391 e. The summed E-state index contributed by atoms with van der Waals surface area (Å²) in [5.41, 5.74) is 4.43. The third kappa shape index (κ3) is 2.73. The lowest BCUT2D eigenvalue weighted by Crippen LogP contribution is -2.18. The molecule has 1 aromatic heterocycles. The van der Waals surface area contributed by atoms with Crippen LogP contribution in [0.1, 0.15) is 11.1 Å². The van der Waals surface area contributed by atoms with Gasteiger partial charge in [-0.25, -0.2) is 4.98 Å². The van der Waals surface area contributed by atoms with Crippen molar-refractivity contribution in [1.29, 1.82) is 0 Å². The number of benzene rings is 2. The Bertz CT molecular complexity index is 718. The molecule has 0 bridgehead atoms. The summed E-state index contributed by atoms with van der Waals surface area (Å²) in [5.74, 6) is 0. The van der Waals surface area contributed by atoms with Crippen LogP contribution in [-0.2, 0) is 13.0 Å².